The van der Waals surface area contributed by atoms with Crippen molar-refractivity contribution in [1.29, 1.82) is 0 Å². The van der Waals surface area contributed by atoms with E-state index < -0.39 is 11.8 Å². The number of aryl methyl sites for hydroxylation is 1. The van der Waals surface area contributed by atoms with Crippen LogP contribution in [0.2, 0.25) is 0 Å². The third-order valence-electron chi connectivity index (χ3n) is 4.31. The Morgan fingerprint density at radius 3 is 2.48 bits per heavy atom. The Hall–Kier alpha value is -2.58. The van der Waals surface area contributed by atoms with Crippen molar-refractivity contribution in [2.45, 2.75) is 6.92 Å². The lowest BCUT2D eigenvalue weighted by atomic mass is 10.1. The Kier molecular flexibility index (Phi) is 4.53. The van der Waals surface area contributed by atoms with Crippen LogP contribution in [0.3, 0.4) is 0 Å². The minimum Gasteiger partial charge on any atom is -0.451 e. The number of aromatic amines is 1. The van der Waals surface area contributed by atoms with Gasteiger partial charge < -0.3 is 9.40 Å². The second kappa shape index (κ2) is 6.86. The molecule has 2 heterocycles. The van der Waals surface area contributed by atoms with E-state index in [2.05, 4.69) is 47.7 Å². The number of hydrogen-bond donors (Lipinski definition) is 3. The summed E-state index contributed by atoms with van der Waals surface area (Å²) in [4.78, 5) is 28.0. The summed E-state index contributed by atoms with van der Waals surface area (Å²) in [5.41, 5.74) is 7.41. The number of hydrazine groups is 1. The molecule has 3 N–H and O–H groups in total. The van der Waals surface area contributed by atoms with E-state index in [0.29, 0.717) is 11.1 Å². The van der Waals surface area contributed by atoms with Crippen LogP contribution in [-0.2, 0) is 0 Å². The SMILES string of the molecule is Cc1c(C(=O)NNC(=O)c2c[nH]c3cc(Br)c(Br)cc23)oc2ccccc12. The summed E-state index contributed by atoms with van der Waals surface area (Å²) in [5.74, 6) is -0.777. The van der Waals surface area contributed by atoms with Gasteiger partial charge in [-0.2, -0.15) is 0 Å². The molecule has 0 unspecified atom stereocenters. The summed E-state index contributed by atoms with van der Waals surface area (Å²) in [5, 5.41) is 1.60. The largest absolute Gasteiger partial charge is 0.451 e. The molecule has 0 saturated heterocycles. The van der Waals surface area contributed by atoms with Gasteiger partial charge in [0.2, 0.25) is 0 Å². The van der Waals surface area contributed by atoms with Gasteiger partial charge in [-0.1, -0.05) is 18.2 Å². The van der Waals surface area contributed by atoms with Gasteiger partial charge in [0.15, 0.2) is 5.76 Å². The van der Waals surface area contributed by atoms with E-state index >= 15 is 0 Å². The zero-order valence-electron chi connectivity index (χ0n) is 14.0. The fraction of sp³-hybridized carbons (Fsp3) is 0.0526. The molecule has 0 atom stereocenters. The molecule has 2 aromatic heterocycles. The van der Waals surface area contributed by atoms with Crippen LogP contribution in [-0.4, -0.2) is 16.8 Å². The Morgan fingerprint density at radius 1 is 1.00 bits per heavy atom. The molecule has 0 radical (unpaired) electrons. The monoisotopic (exact) mass is 489 g/mol. The number of para-hydroxylation sites is 1. The van der Waals surface area contributed by atoms with Crippen molar-refractivity contribution in [3.8, 4) is 0 Å². The smallest absolute Gasteiger partial charge is 0.305 e. The molecule has 2 amide bonds. The predicted octanol–water partition coefficient (Wildman–Crippen LogP) is 4.82. The van der Waals surface area contributed by atoms with E-state index in [1.165, 1.54) is 0 Å². The van der Waals surface area contributed by atoms with Gasteiger partial charge in [-0.15, -0.1) is 0 Å². The van der Waals surface area contributed by atoms with Crippen molar-refractivity contribution in [3.63, 3.8) is 0 Å². The Bertz CT molecular complexity index is 1210. The number of hydrogen-bond acceptors (Lipinski definition) is 3. The van der Waals surface area contributed by atoms with Crippen molar-refractivity contribution in [3.05, 3.63) is 68.4 Å². The van der Waals surface area contributed by atoms with Crippen molar-refractivity contribution in [1.82, 2.24) is 15.8 Å². The number of H-pyrrole nitrogens is 1. The maximum Gasteiger partial charge on any atom is 0.305 e. The summed E-state index contributed by atoms with van der Waals surface area (Å²) < 4.78 is 7.30. The molecule has 0 bridgehead atoms. The lowest BCUT2D eigenvalue weighted by molar-refractivity contribution is 0.0832. The molecule has 0 aliphatic rings. The molecule has 4 rings (SSSR count). The first-order chi connectivity index (χ1) is 13.0. The highest BCUT2D eigenvalue weighted by atomic mass is 79.9. The van der Waals surface area contributed by atoms with E-state index in [1.54, 1.807) is 19.2 Å². The molecule has 0 spiro atoms. The van der Waals surface area contributed by atoms with Gasteiger partial charge in [0.1, 0.15) is 5.58 Å². The minimum absolute atomic E-state index is 0.169. The summed E-state index contributed by atoms with van der Waals surface area (Å²) in [6.07, 6.45) is 1.59. The quantitative estimate of drug-likeness (QED) is 0.352. The number of rotatable bonds is 2. The molecule has 6 nitrogen and oxygen atoms in total. The average molecular weight is 491 g/mol. The highest BCUT2D eigenvalue weighted by Crippen LogP contribution is 2.30. The molecular formula is C19H13Br2N3O3. The molecule has 0 aliphatic heterocycles. The molecule has 8 heteroatoms. The van der Waals surface area contributed by atoms with Crippen molar-refractivity contribution < 1.29 is 14.0 Å². The van der Waals surface area contributed by atoms with Crippen LogP contribution in [0.25, 0.3) is 21.9 Å². The highest BCUT2D eigenvalue weighted by Gasteiger charge is 2.19. The first-order valence-electron chi connectivity index (χ1n) is 8.00. The van der Waals surface area contributed by atoms with Crippen LogP contribution in [0, 0.1) is 6.92 Å². The van der Waals surface area contributed by atoms with Gasteiger partial charge >= 0.3 is 5.91 Å². The van der Waals surface area contributed by atoms with Crippen LogP contribution in [0.1, 0.15) is 26.5 Å². The highest BCUT2D eigenvalue weighted by molar-refractivity contribution is 9.13. The van der Waals surface area contributed by atoms with E-state index in [9.17, 15) is 9.59 Å². The molecule has 2 aromatic carbocycles. The van der Waals surface area contributed by atoms with Crippen molar-refractivity contribution in [2.24, 2.45) is 0 Å². The fourth-order valence-corrected chi connectivity index (χ4v) is 3.62. The Labute approximate surface area is 170 Å². The van der Waals surface area contributed by atoms with Gasteiger partial charge in [0.05, 0.1) is 5.56 Å². The number of amides is 2. The van der Waals surface area contributed by atoms with Gasteiger partial charge in [0, 0.05) is 37.0 Å². The summed E-state index contributed by atoms with van der Waals surface area (Å²) in [6, 6.07) is 11.1. The molecule has 27 heavy (non-hydrogen) atoms. The number of furan rings is 1. The summed E-state index contributed by atoms with van der Waals surface area (Å²) in [6.45, 7) is 1.80. The number of nitrogens with one attached hydrogen (secondary N) is 3. The first-order valence-corrected chi connectivity index (χ1v) is 9.59. The lowest BCUT2D eigenvalue weighted by Gasteiger charge is -2.06. The predicted molar refractivity (Wildman–Crippen MR) is 110 cm³/mol. The number of carbonyl (C=O) groups is 2. The Morgan fingerprint density at radius 2 is 1.70 bits per heavy atom. The standard InChI is InChI=1S/C19H13Br2N3O3/c1-9-10-4-2-3-5-16(10)27-17(9)19(26)24-23-18(25)12-8-22-15-7-14(21)13(20)6-11(12)15/h2-8,22H,1H3,(H,23,25)(H,24,26). The molecule has 0 fully saturated rings. The molecule has 0 saturated carbocycles. The zero-order chi connectivity index (χ0) is 19.1. The Balaban J connectivity index is 1.54. The van der Waals surface area contributed by atoms with Crippen molar-refractivity contribution in [2.75, 3.05) is 0 Å². The molecular weight excluding hydrogens is 478 g/mol. The first kappa shape index (κ1) is 17.8. The summed E-state index contributed by atoms with van der Waals surface area (Å²) >= 11 is 6.85. The zero-order valence-corrected chi connectivity index (χ0v) is 17.2. The number of carbonyl (C=O) groups excluding carboxylic acids is 2. The average Bonchev–Trinajstić information content (AvgIpc) is 3.21. The van der Waals surface area contributed by atoms with Crippen LogP contribution in [0.15, 0.2) is 56.0 Å². The van der Waals surface area contributed by atoms with E-state index in [4.69, 9.17) is 4.42 Å². The van der Waals surface area contributed by atoms with E-state index in [0.717, 1.165) is 30.8 Å². The number of aromatic nitrogens is 1. The van der Waals surface area contributed by atoms with Crippen LogP contribution in [0.5, 0.6) is 0 Å². The third kappa shape index (κ3) is 3.15. The molecule has 0 aliphatic carbocycles. The van der Waals surface area contributed by atoms with E-state index in [1.807, 2.05) is 30.3 Å². The van der Waals surface area contributed by atoms with E-state index in [-0.39, 0.29) is 5.76 Å². The van der Waals surface area contributed by atoms with Crippen LogP contribution >= 0.6 is 31.9 Å². The molecule has 4 aromatic rings. The number of fused-ring (bicyclic) bond motifs is 2. The van der Waals surface area contributed by atoms with Gasteiger partial charge in [-0.25, -0.2) is 0 Å². The van der Waals surface area contributed by atoms with Crippen molar-refractivity contribution >= 4 is 65.5 Å². The molecule has 136 valence electrons. The minimum atomic E-state index is -0.513. The van der Waals surface area contributed by atoms with Crippen LogP contribution < -0.4 is 10.9 Å². The fourth-order valence-electron chi connectivity index (χ4n) is 2.93. The van der Waals surface area contributed by atoms with Crippen LogP contribution in [0.4, 0.5) is 0 Å². The second-order valence-electron chi connectivity index (χ2n) is 5.97. The number of halogens is 2. The van der Waals surface area contributed by atoms with Gasteiger partial charge in [-0.3, -0.25) is 20.4 Å². The van der Waals surface area contributed by atoms with Gasteiger partial charge in [-0.05, 0) is 57.0 Å². The second-order valence-corrected chi connectivity index (χ2v) is 7.68. The van der Waals surface area contributed by atoms with Gasteiger partial charge in [0.25, 0.3) is 5.91 Å². The lowest BCUT2D eigenvalue weighted by Crippen LogP contribution is -2.41. The number of benzene rings is 2. The maximum atomic E-state index is 12.5. The normalized spacial score (nSPS) is 11.1. The summed E-state index contributed by atoms with van der Waals surface area (Å²) in [7, 11) is 0. The topological polar surface area (TPSA) is 87.1 Å². The third-order valence-corrected chi connectivity index (χ3v) is 6.15. The maximum absolute atomic E-state index is 12.5.